The lowest BCUT2D eigenvalue weighted by Crippen LogP contribution is -2.39. The van der Waals surface area contributed by atoms with Crippen molar-refractivity contribution in [1.82, 2.24) is 4.57 Å². The van der Waals surface area contributed by atoms with Crippen LogP contribution >= 0.6 is 50.5 Å². The highest BCUT2D eigenvalue weighted by Crippen LogP contribution is 2.38. The summed E-state index contributed by atoms with van der Waals surface area (Å²) in [5, 5.41) is 11.2. The van der Waals surface area contributed by atoms with Crippen molar-refractivity contribution < 1.29 is 23.6 Å². The molecule has 0 bridgehead atoms. The number of thiazole rings is 1. The lowest BCUT2D eigenvalue weighted by molar-refractivity contribution is -0.384. The van der Waals surface area contributed by atoms with E-state index in [2.05, 4.69) is 20.9 Å². The number of benzene rings is 2. The third-order valence-electron chi connectivity index (χ3n) is 6.41. The lowest BCUT2D eigenvalue weighted by atomic mass is 9.96. The second-order valence-corrected chi connectivity index (χ2v) is 11.6. The van der Waals surface area contributed by atoms with Crippen LogP contribution in [0.5, 0.6) is 5.75 Å². The fourth-order valence-corrected chi connectivity index (χ4v) is 6.60. The van der Waals surface area contributed by atoms with Crippen molar-refractivity contribution >= 4 is 68.2 Å². The van der Waals surface area contributed by atoms with E-state index in [-0.39, 0.29) is 33.5 Å². The molecule has 216 valence electrons. The Morgan fingerprint density at radius 3 is 2.67 bits per heavy atom. The predicted molar refractivity (Wildman–Crippen MR) is 162 cm³/mol. The molecule has 0 spiro atoms. The molecule has 0 fully saturated rings. The van der Waals surface area contributed by atoms with Crippen LogP contribution in [0.15, 0.2) is 72.4 Å². The molecule has 1 aliphatic heterocycles. The number of methoxy groups -OCH3 is 1. The SMILES string of the molecule is CCOC(=O)C1=C(C)N=c2s/c(=C/c3ccc(-c4cc(Cl)c([N+](=O)[O-])cc4Cl)o3)c(=O)n2C1c1ccc(OC)c(Br)c1. The molecule has 0 radical (unpaired) electrons. The van der Waals surface area contributed by atoms with E-state index in [1.807, 2.05) is 0 Å². The summed E-state index contributed by atoms with van der Waals surface area (Å²) in [7, 11) is 1.54. The number of fused-ring (bicyclic) bond motifs is 1. The molecule has 42 heavy (non-hydrogen) atoms. The van der Waals surface area contributed by atoms with Crippen molar-refractivity contribution in [2.45, 2.75) is 19.9 Å². The Morgan fingerprint density at radius 2 is 2.00 bits per heavy atom. The number of allylic oxidation sites excluding steroid dienone is 1. The molecule has 5 rings (SSSR count). The van der Waals surface area contributed by atoms with Crippen molar-refractivity contribution in [3.63, 3.8) is 0 Å². The van der Waals surface area contributed by atoms with Gasteiger partial charge in [-0.15, -0.1) is 0 Å². The standard InChI is InChI=1S/C28H20BrCl2N3O7S/c1-4-40-27(36)24-13(2)32-28-33(25(24)14-5-7-22(39-3)17(29)9-14)26(35)23(42-28)10-15-6-8-21(41-15)16-11-19(31)20(34(37)38)12-18(16)30/h5-12,25H,4H2,1-3H3/b23-10+. The van der Waals surface area contributed by atoms with E-state index >= 15 is 0 Å². The highest BCUT2D eigenvalue weighted by molar-refractivity contribution is 9.10. The van der Waals surface area contributed by atoms with Gasteiger partial charge in [0, 0.05) is 17.7 Å². The third-order valence-corrected chi connectivity index (χ3v) is 8.63. The number of hydrogen-bond acceptors (Lipinski definition) is 9. The van der Waals surface area contributed by atoms with E-state index in [0.29, 0.717) is 47.9 Å². The first-order valence-electron chi connectivity index (χ1n) is 12.3. The van der Waals surface area contributed by atoms with Gasteiger partial charge in [-0.2, -0.15) is 0 Å². The molecular weight excluding hydrogens is 673 g/mol. The van der Waals surface area contributed by atoms with Crippen LogP contribution < -0.4 is 19.6 Å². The predicted octanol–water partition coefficient (Wildman–Crippen LogP) is 6.04. The van der Waals surface area contributed by atoms with Gasteiger partial charge in [0.2, 0.25) is 0 Å². The Kier molecular flexibility index (Phi) is 8.42. The monoisotopic (exact) mass is 691 g/mol. The van der Waals surface area contributed by atoms with Crippen molar-refractivity contribution in [1.29, 1.82) is 0 Å². The number of nitrogens with zero attached hydrogens (tertiary/aromatic N) is 3. The van der Waals surface area contributed by atoms with Gasteiger partial charge in [0.1, 0.15) is 22.3 Å². The molecule has 14 heteroatoms. The van der Waals surface area contributed by atoms with E-state index in [9.17, 15) is 19.7 Å². The first-order valence-corrected chi connectivity index (χ1v) is 14.7. The highest BCUT2D eigenvalue weighted by Gasteiger charge is 2.33. The number of hydrogen-bond donors (Lipinski definition) is 0. The van der Waals surface area contributed by atoms with Crippen molar-refractivity contribution in [2.75, 3.05) is 13.7 Å². The summed E-state index contributed by atoms with van der Waals surface area (Å²) in [6, 6.07) is 10.3. The second-order valence-electron chi connectivity index (χ2n) is 8.94. The van der Waals surface area contributed by atoms with Crippen LogP contribution in [0, 0.1) is 10.1 Å². The minimum atomic E-state index is -0.808. The molecule has 2 aromatic carbocycles. The molecule has 0 aliphatic carbocycles. The zero-order valence-electron chi connectivity index (χ0n) is 22.1. The number of nitro groups is 1. The summed E-state index contributed by atoms with van der Waals surface area (Å²) in [6.07, 6.45) is 1.55. The highest BCUT2D eigenvalue weighted by atomic mass is 79.9. The number of furan rings is 1. The second kappa shape index (κ2) is 11.9. The molecule has 0 amide bonds. The lowest BCUT2D eigenvalue weighted by Gasteiger charge is -2.25. The van der Waals surface area contributed by atoms with Gasteiger partial charge in [-0.1, -0.05) is 40.6 Å². The normalized spacial score (nSPS) is 14.9. The quantitative estimate of drug-likeness (QED) is 0.131. The molecule has 1 atom stereocenters. The minimum Gasteiger partial charge on any atom is -0.496 e. The van der Waals surface area contributed by atoms with Crippen LogP contribution in [-0.4, -0.2) is 29.2 Å². The number of esters is 1. The molecule has 0 saturated heterocycles. The van der Waals surface area contributed by atoms with Gasteiger partial charge in [0.25, 0.3) is 11.2 Å². The van der Waals surface area contributed by atoms with Crippen molar-refractivity contribution in [2.24, 2.45) is 4.99 Å². The molecule has 1 unspecified atom stereocenters. The number of halogens is 3. The van der Waals surface area contributed by atoms with Crippen molar-refractivity contribution in [3.8, 4) is 17.1 Å². The molecule has 4 aromatic rings. The number of carbonyl (C=O) groups excluding carboxylic acids is 1. The number of carbonyl (C=O) groups is 1. The van der Waals surface area contributed by atoms with E-state index in [0.717, 1.165) is 17.4 Å². The zero-order chi connectivity index (χ0) is 30.3. The summed E-state index contributed by atoms with van der Waals surface area (Å²) in [4.78, 5) is 42.5. The molecule has 10 nitrogen and oxygen atoms in total. The summed E-state index contributed by atoms with van der Waals surface area (Å²) < 4.78 is 19.0. The smallest absolute Gasteiger partial charge is 0.338 e. The Hall–Kier alpha value is -3.71. The van der Waals surface area contributed by atoms with Crippen LogP contribution in [0.2, 0.25) is 10.0 Å². The first kappa shape index (κ1) is 29.8. The average Bonchev–Trinajstić information content (AvgIpc) is 3.52. The third kappa shape index (κ3) is 5.42. The van der Waals surface area contributed by atoms with E-state index in [1.54, 1.807) is 57.4 Å². The number of rotatable bonds is 7. The molecular formula is C28H20BrCl2N3O7S. The number of ether oxygens (including phenoxy) is 2. The van der Waals surface area contributed by atoms with Crippen LogP contribution in [-0.2, 0) is 9.53 Å². The summed E-state index contributed by atoms with van der Waals surface area (Å²) in [5.74, 6) is 0.648. The Bertz CT molecular complexity index is 1980. The number of aromatic nitrogens is 1. The first-order chi connectivity index (χ1) is 20.0. The molecule has 1 aliphatic rings. The largest absolute Gasteiger partial charge is 0.496 e. The summed E-state index contributed by atoms with van der Waals surface area (Å²) in [6.45, 7) is 3.56. The maximum atomic E-state index is 13.8. The number of nitro benzene ring substituents is 1. The van der Waals surface area contributed by atoms with E-state index in [1.165, 1.54) is 10.6 Å². The topological polar surface area (TPSA) is 126 Å². The van der Waals surface area contributed by atoms with Crippen LogP contribution in [0.25, 0.3) is 17.4 Å². The van der Waals surface area contributed by atoms with E-state index in [4.69, 9.17) is 37.1 Å². The van der Waals surface area contributed by atoms with Crippen molar-refractivity contribution in [3.05, 3.63) is 109 Å². The molecule has 0 saturated carbocycles. The Labute approximate surface area is 260 Å². The fraction of sp³-hybridized carbons (Fsp3) is 0.179. The molecule has 0 N–H and O–H groups in total. The molecule has 3 heterocycles. The van der Waals surface area contributed by atoms with Gasteiger partial charge in [-0.3, -0.25) is 19.5 Å². The Balaban J connectivity index is 1.63. The zero-order valence-corrected chi connectivity index (χ0v) is 26.1. The van der Waals surface area contributed by atoms with Gasteiger partial charge < -0.3 is 13.9 Å². The van der Waals surface area contributed by atoms with Gasteiger partial charge in [-0.25, -0.2) is 9.79 Å². The van der Waals surface area contributed by atoms with Crippen LogP contribution in [0.1, 0.15) is 31.2 Å². The van der Waals surface area contributed by atoms with Crippen LogP contribution in [0.3, 0.4) is 0 Å². The maximum Gasteiger partial charge on any atom is 0.338 e. The van der Waals surface area contributed by atoms with Gasteiger partial charge in [0.15, 0.2) is 4.80 Å². The van der Waals surface area contributed by atoms with Gasteiger partial charge in [-0.05, 0) is 65.7 Å². The van der Waals surface area contributed by atoms with E-state index < -0.39 is 16.9 Å². The minimum absolute atomic E-state index is 0.0824. The molecule has 2 aromatic heterocycles. The summed E-state index contributed by atoms with van der Waals surface area (Å²) >= 11 is 17.0. The van der Waals surface area contributed by atoms with Crippen LogP contribution in [0.4, 0.5) is 5.69 Å². The van der Waals surface area contributed by atoms with Gasteiger partial charge >= 0.3 is 5.97 Å². The fourth-order valence-electron chi connectivity index (χ4n) is 4.53. The Morgan fingerprint density at radius 1 is 1.24 bits per heavy atom. The summed E-state index contributed by atoms with van der Waals surface area (Å²) in [5.41, 5.74) is 0.973. The maximum absolute atomic E-state index is 13.8. The van der Waals surface area contributed by atoms with Gasteiger partial charge in [0.05, 0.1) is 50.0 Å². The average molecular weight is 693 g/mol.